The summed E-state index contributed by atoms with van der Waals surface area (Å²) in [4.78, 5) is 16.1. The largest absolute Gasteiger partial charge is 0.343 e. The van der Waals surface area contributed by atoms with Gasteiger partial charge >= 0.3 is 0 Å². The van der Waals surface area contributed by atoms with Crippen LogP contribution in [-0.4, -0.2) is 29.4 Å². The predicted molar refractivity (Wildman–Crippen MR) is 55.8 cm³/mol. The molecule has 0 saturated carbocycles. The lowest BCUT2D eigenvalue weighted by Crippen LogP contribution is -2.35. The van der Waals surface area contributed by atoms with Crippen LogP contribution < -0.4 is 0 Å². The van der Waals surface area contributed by atoms with E-state index >= 15 is 0 Å². The summed E-state index contributed by atoms with van der Waals surface area (Å²) in [6, 6.07) is 0. The Labute approximate surface area is 84.7 Å². The number of carbonyl (C=O) groups is 1. The van der Waals surface area contributed by atoms with Crippen LogP contribution in [0, 0.1) is 0 Å². The minimum atomic E-state index is -0.631. The van der Waals surface area contributed by atoms with Gasteiger partial charge < -0.3 is 4.90 Å². The molecule has 0 fully saturated rings. The Kier molecular flexibility index (Phi) is 5.02. The van der Waals surface area contributed by atoms with Crippen molar-refractivity contribution in [3.63, 3.8) is 0 Å². The van der Waals surface area contributed by atoms with E-state index in [0.29, 0.717) is 13.1 Å². The van der Waals surface area contributed by atoms with Crippen molar-refractivity contribution < 1.29 is 4.79 Å². The maximum atomic E-state index is 11.6. The van der Waals surface area contributed by atoms with Gasteiger partial charge in [0.2, 0.25) is 5.91 Å². The average Bonchev–Trinajstić information content (AvgIpc) is 2.04. The van der Waals surface area contributed by atoms with E-state index < -0.39 is 5.54 Å². The zero-order chi connectivity index (χ0) is 11.2. The topological polar surface area (TPSA) is 69.1 Å². The molecule has 0 aromatic carbocycles. The van der Waals surface area contributed by atoms with Gasteiger partial charge in [0.15, 0.2) is 0 Å². The van der Waals surface area contributed by atoms with Gasteiger partial charge in [-0.3, -0.25) is 4.79 Å². The highest BCUT2D eigenvalue weighted by Gasteiger charge is 2.22. The molecule has 80 valence electrons. The van der Waals surface area contributed by atoms with Crippen LogP contribution in [0.4, 0.5) is 0 Å². The first-order valence-electron chi connectivity index (χ1n) is 4.81. The lowest BCUT2D eigenvalue weighted by molar-refractivity contribution is -0.131. The third-order valence-electron chi connectivity index (χ3n) is 2.02. The van der Waals surface area contributed by atoms with Crippen LogP contribution in [-0.2, 0) is 4.79 Å². The molecule has 0 aliphatic carbocycles. The minimum Gasteiger partial charge on any atom is -0.343 e. The zero-order valence-corrected chi connectivity index (χ0v) is 9.32. The number of nitrogens with zero attached hydrogens (tertiary/aromatic N) is 4. The second kappa shape index (κ2) is 5.50. The molecule has 14 heavy (non-hydrogen) atoms. The first-order chi connectivity index (χ1) is 6.46. The maximum absolute atomic E-state index is 11.6. The number of azide groups is 1. The predicted octanol–water partition coefficient (Wildman–Crippen LogP) is 2.33. The Morgan fingerprint density at radius 1 is 1.43 bits per heavy atom. The van der Waals surface area contributed by atoms with Gasteiger partial charge in [0, 0.05) is 24.4 Å². The smallest absolute Gasteiger partial charge is 0.223 e. The molecule has 0 saturated heterocycles. The molecule has 0 heterocycles. The zero-order valence-electron chi connectivity index (χ0n) is 9.32. The van der Waals surface area contributed by atoms with E-state index in [1.165, 1.54) is 0 Å². The number of rotatable bonds is 5. The lowest BCUT2D eigenvalue weighted by atomic mass is 10.0. The van der Waals surface area contributed by atoms with Gasteiger partial charge in [-0.25, -0.2) is 0 Å². The molecule has 5 nitrogen and oxygen atoms in total. The quantitative estimate of drug-likeness (QED) is 0.379. The highest BCUT2D eigenvalue weighted by Crippen LogP contribution is 2.15. The van der Waals surface area contributed by atoms with E-state index in [1.54, 1.807) is 18.7 Å². The van der Waals surface area contributed by atoms with Crippen molar-refractivity contribution in [1.29, 1.82) is 0 Å². The summed E-state index contributed by atoms with van der Waals surface area (Å²) < 4.78 is 0. The van der Waals surface area contributed by atoms with Crippen LogP contribution in [0.3, 0.4) is 0 Å². The fraction of sp³-hybridized carbons (Fsp3) is 0.889. The van der Waals surface area contributed by atoms with E-state index in [-0.39, 0.29) is 12.3 Å². The summed E-state index contributed by atoms with van der Waals surface area (Å²) in [5.41, 5.74) is 7.67. The first kappa shape index (κ1) is 12.8. The molecule has 0 radical (unpaired) electrons. The molecule has 0 rings (SSSR count). The second-order valence-corrected chi connectivity index (χ2v) is 3.74. The van der Waals surface area contributed by atoms with Gasteiger partial charge in [-0.05, 0) is 19.4 Å². The van der Waals surface area contributed by atoms with Gasteiger partial charge in [-0.1, -0.05) is 19.0 Å². The summed E-state index contributed by atoms with van der Waals surface area (Å²) in [5, 5.41) is 3.58. The SMILES string of the molecule is CCN(CC)C(=O)CC(C)(C)N=[N+]=[N-]. The van der Waals surface area contributed by atoms with Crippen molar-refractivity contribution >= 4 is 5.91 Å². The summed E-state index contributed by atoms with van der Waals surface area (Å²) in [6.45, 7) is 8.77. The molecule has 0 bridgehead atoms. The van der Waals surface area contributed by atoms with Crippen LogP contribution in [0.2, 0.25) is 0 Å². The van der Waals surface area contributed by atoms with Crippen LogP contribution in [0.15, 0.2) is 5.11 Å². The van der Waals surface area contributed by atoms with E-state index in [1.807, 2.05) is 13.8 Å². The molecule has 0 spiro atoms. The maximum Gasteiger partial charge on any atom is 0.223 e. The van der Waals surface area contributed by atoms with Gasteiger partial charge in [0.25, 0.3) is 0 Å². The van der Waals surface area contributed by atoms with E-state index in [9.17, 15) is 4.79 Å². The van der Waals surface area contributed by atoms with Crippen LogP contribution in [0.1, 0.15) is 34.1 Å². The van der Waals surface area contributed by atoms with Gasteiger partial charge in [-0.2, -0.15) is 0 Å². The molecule has 0 unspecified atom stereocenters. The van der Waals surface area contributed by atoms with Gasteiger partial charge in [0.1, 0.15) is 0 Å². The minimum absolute atomic E-state index is 0.0346. The molecule has 0 atom stereocenters. The Bertz CT molecular complexity index is 239. The monoisotopic (exact) mass is 198 g/mol. The van der Waals surface area contributed by atoms with Crippen molar-refractivity contribution in [3.05, 3.63) is 10.4 Å². The standard InChI is InChI=1S/C9H18N4O/c1-5-13(6-2)8(14)7-9(3,4)11-12-10/h5-7H2,1-4H3. The molecule has 0 aliphatic heterocycles. The van der Waals surface area contributed by atoms with Crippen molar-refractivity contribution in [2.75, 3.05) is 13.1 Å². The van der Waals surface area contributed by atoms with Gasteiger partial charge in [0.05, 0.1) is 5.54 Å². The van der Waals surface area contributed by atoms with Crippen molar-refractivity contribution in [2.24, 2.45) is 5.11 Å². The third kappa shape index (κ3) is 4.14. The molecule has 0 aromatic heterocycles. The summed E-state index contributed by atoms with van der Waals surface area (Å²) >= 11 is 0. The van der Waals surface area contributed by atoms with E-state index in [0.717, 1.165) is 0 Å². The van der Waals surface area contributed by atoms with Crippen molar-refractivity contribution in [1.82, 2.24) is 4.90 Å². The Hall–Kier alpha value is -1.22. The normalized spacial score (nSPS) is 10.6. The Morgan fingerprint density at radius 3 is 2.29 bits per heavy atom. The van der Waals surface area contributed by atoms with Crippen molar-refractivity contribution in [3.8, 4) is 0 Å². The molecular weight excluding hydrogens is 180 g/mol. The molecule has 0 N–H and O–H groups in total. The third-order valence-corrected chi connectivity index (χ3v) is 2.02. The molecule has 0 aliphatic rings. The summed E-state index contributed by atoms with van der Waals surface area (Å²) in [5.74, 6) is 0.0346. The van der Waals surface area contributed by atoms with Crippen LogP contribution >= 0.6 is 0 Å². The molecule has 1 amide bonds. The Morgan fingerprint density at radius 2 is 1.93 bits per heavy atom. The average molecular weight is 198 g/mol. The second-order valence-electron chi connectivity index (χ2n) is 3.74. The summed E-state index contributed by atoms with van der Waals surface area (Å²) in [6.07, 6.45) is 0.263. The fourth-order valence-electron chi connectivity index (χ4n) is 1.21. The van der Waals surface area contributed by atoms with Gasteiger partial charge in [-0.15, -0.1) is 0 Å². The lowest BCUT2D eigenvalue weighted by Gasteiger charge is -2.23. The molecular formula is C9H18N4O. The highest BCUT2D eigenvalue weighted by molar-refractivity contribution is 5.77. The molecule has 0 aromatic rings. The van der Waals surface area contributed by atoms with Crippen molar-refractivity contribution in [2.45, 2.75) is 39.7 Å². The van der Waals surface area contributed by atoms with Crippen LogP contribution in [0.5, 0.6) is 0 Å². The Balaban J connectivity index is 4.37. The highest BCUT2D eigenvalue weighted by atomic mass is 16.2. The van der Waals surface area contributed by atoms with Crippen LogP contribution in [0.25, 0.3) is 10.4 Å². The first-order valence-corrected chi connectivity index (χ1v) is 4.81. The number of hydrogen-bond donors (Lipinski definition) is 0. The molecule has 5 heteroatoms. The number of amides is 1. The number of hydrogen-bond acceptors (Lipinski definition) is 2. The van der Waals surface area contributed by atoms with E-state index in [2.05, 4.69) is 10.0 Å². The number of carbonyl (C=O) groups excluding carboxylic acids is 1. The fourth-order valence-corrected chi connectivity index (χ4v) is 1.21. The summed E-state index contributed by atoms with van der Waals surface area (Å²) in [7, 11) is 0. The van der Waals surface area contributed by atoms with E-state index in [4.69, 9.17) is 5.53 Å².